The molecule has 0 bridgehead atoms. The molecule has 1 aromatic carbocycles. The first-order chi connectivity index (χ1) is 9.67. The van der Waals surface area contributed by atoms with Crippen molar-refractivity contribution in [2.45, 2.75) is 13.1 Å². The highest BCUT2D eigenvalue weighted by molar-refractivity contribution is 5.96. The van der Waals surface area contributed by atoms with Crippen LogP contribution in [0.3, 0.4) is 0 Å². The number of urea groups is 1. The summed E-state index contributed by atoms with van der Waals surface area (Å²) < 4.78 is 48.5. The molecule has 116 valence electrons. The summed E-state index contributed by atoms with van der Waals surface area (Å²) in [6.07, 6.45) is -4.56. The SMILES string of the molecule is Cc1ccc(F)cc1NCC(=O)NC(=O)NCC(F)(F)F. The molecule has 0 radical (unpaired) electrons. The van der Waals surface area contributed by atoms with Gasteiger partial charge in [-0.05, 0) is 24.6 Å². The Bertz CT molecular complexity index is 532. The van der Waals surface area contributed by atoms with Crippen LogP contribution in [-0.2, 0) is 4.79 Å². The molecule has 0 spiro atoms. The van der Waals surface area contributed by atoms with Gasteiger partial charge in [0.05, 0.1) is 6.54 Å². The molecule has 3 N–H and O–H groups in total. The molecule has 0 aromatic heterocycles. The molecule has 21 heavy (non-hydrogen) atoms. The fourth-order valence-electron chi connectivity index (χ4n) is 1.36. The minimum Gasteiger partial charge on any atom is -0.376 e. The van der Waals surface area contributed by atoms with Crippen LogP contribution in [-0.4, -0.2) is 31.2 Å². The topological polar surface area (TPSA) is 70.2 Å². The van der Waals surface area contributed by atoms with E-state index in [0.29, 0.717) is 11.3 Å². The lowest BCUT2D eigenvalue weighted by atomic mass is 10.2. The van der Waals surface area contributed by atoms with Crippen LogP contribution >= 0.6 is 0 Å². The van der Waals surface area contributed by atoms with Crippen molar-refractivity contribution < 1.29 is 27.2 Å². The molecule has 0 aliphatic rings. The van der Waals surface area contributed by atoms with Crippen LogP contribution in [0, 0.1) is 12.7 Å². The smallest absolute Gasteiger partial charge is 0.376 e. The number of rotatable bonds is 4. The summed E-state index contributed by atoms with van der Waals surface area (Å²) in [6, 6.07) is 2.64. The van der Waals surface area contributed by atoms with Gasteiger partial charge in [0.25, 0.3) is 0 Å². The molecule has 9 heteroatoms. The van der Waals surface area contributed by atoms with Gasteiger partial charge >= 0.3 is 12.2 Å². The second-order valence-corrected chi connectivity index (χ2v) is 4.16. The number of imide groups is 1. The lowest BCUT2D eigenvalue weighted by molar-refractivity contribution is -0.124. The van der Waals surface area contributed by atoms with Crippen LogP contribution < -0.4 is 16.0 Å². The maximum atomic E-state index is 13.0. The monoisotopic (exact) mass is 307 g/mol. The maximum Gasteiger partial charge on any atom is 0.405 e. The molecule has 0 aliphatic carbocycles. The van der Waals surface area contributed by atoms with Gasteiger partial charge in [0, 0.05) is 5.69 Å². The normalized spacial score (nSPS) is 10.9. The Hall–Kier alpha value is -2.32. The van der Waals surface area contributed by atoms with E-state index in [4.69, 9.17) is 0 Å². The zero-order valence-electron chi connectivity index (χ0n) is 11.0. The first kappa shape index (κ1) is 16.7. The average molecular weight is 307 g/mol. The molecule has 1 aromatic rings. The summed E-state index contributed by atoms with van der Waals surface area (Å²) in [7, 11) is 0. The maximum absolute atomic E-state index is 13.0. The van der Waals surface area contributed by atoms with E-state index < -0.39 is 30.5 Å². The van der Waals surface area contributed by atoms with Crippen LogP contribution in [0.1, 0.15) is 5.56 Å². The number of hydrogen-bond donors (Lipinski definition) is 3. The first-order valence-electron chi connectivity index (χ1n) is 5.82. The van der Waals surface area contributed by atoms with Crippen molar-refractivity contribution in [1.29, 1.82) is 0 Å². The molecule has 3 amide bonds. The molecule has 0 heterocycles. The standard InChI is InChI=1S/C12H13F4N3O2/c1-7-2-3-8(13)4-9(7)17-5-10(20)19-11(21)18-6-12(14,15)16/h2-4,17H,5-6H2,1H3,(H2,18,19,20,21). The third-order valence-electron chi connectivity index (χ3n) is 2.34. The molecular weight excluding hydrogens is 294 g/mol. The van der Waals surface area contributed by atoms with Crippen LogP contribution in [0.4, 0.5) is 28.0 Å². The van der Waals surface area contributed by atoms with Crippen molar-refractivity contribution in [3.63, 3.8) is 0 Å². The Kier molecular flexibility index (Phi) is 5.51. The van der Waals surface area contributed by atoms with Gasteiger partial charge in [-0.1, -0.05) is 6.07 Å². The molecule has 0 unspecified atom stereocenters. The predicted molar refractivity (Wildman–Crippen MR) is 67.2 cm³/mol. The fraction of sp³-hybridized carbons (Fsp3) is 0.333. The van der Waals surface area contributed by atoms with Gasteiger partial charge < -0.3 is 10.6 Å². The summed E-state index contributed by atoms with van der Waals surface area (Å²) in [5, 5.41) is 5.78. The van der Waals surface area contributed by atoms with Crippen LogP contribution in [0.15, 0.2) is 18.2 Å². The summed E-state index contributed by atoms with van der Waals surface area (Å²) in [5.41, 5.74) is 1.02. The van der Waals surface area contributed by atoms with E-state index in [-0.39, 0.29) is 6.54 Å². The lowest BCUT2D eigenvalue weighted by Crippen LogP contribution is -2.45. The van der Waals surface area contributed by atoms with Crippen molar-refractivity contribution in [2.24, 2.45) is 0 Å². The number of anilines is 1. The Morgan fingerprint density at radius 3 is 2.52 bits per heavy atom. The Labute approximate surface area is 117 Å². The lowest BCUT2D eigenvalue weighted by Gasteiger charge is -2.11. The zero-order chi connectivity index (χ0) is 16.0. The summed E-state index contributed by atoms with van der Waals surface area (Å²) in [4.78, 5) is 22.3. The summed E-state index contributed by atoms with van der Waals surface area (Å²) >= 11 is 0. The number of benzene rings is 1. The number of hydrogen-bond acceptors (Lipinski definition) is 3. The quantitative estimate of drug-likeness (QED) is 0.745. The predicted octanol–water partition coefficient (Wildman–Crippen LogP) is 1.93. The van der Waals surface area contributed by atoms with Gasteiger partial charge in [0.1, 0.15) is 12.4 Å². The highest BCUT2D eigenvalue weighted by Gasteiger charge is 2.27. The number of halogens is 4. The molecule has 0 saturated heterocycles. The Morgan fingerprint density at radius 1 is 1.24 bits per heavy atom. The van der Waals surface area contributed by atoms with E-state index in [0.717, 1.165) is 6.07 Å². The summed E-state index contributed by atoms with van der Waals surface area (Å²) in [6.45, 7) is -0.248. The Morgan fingerprint density at radius 2 is 1.90 bits per heavy atom. The average Bonchev–Trinajstić information content (AvgIpc) is 2.37. The van der Waals surface area contributed by atoms with Gasteiger partial charge in [0.15, 0.2) is 0 Å². The molecule has 5 nitrogen and oxygen atoms in total. The van der Waals surface area contributed by atoms with Crippen molar-refractivity contribution in [3.05, 3.63) is 29.6 Å². The van der Waals surface area contributed by atoms with E-state index in [2.05, 4.69) is 5.32 Å². The van der Waals surface area contributed by atoms with Gasteiger partial charge in [-0.2, -0.15) is 13.2 Å². The Balaban J connectivity index is 2.40. The van der Waals surface area contributed by atoms with E-state index in [1.807, 2.05) is 0 Å². The number of amides is 3. The highest BCUT2D eigenvalue weighted by Crippen LogP contribution is 2.15. The minimum atomic E-state index is -4.56. The van der Waals surface area contributed by atoms with Crippen molar-refractivity contribution in [2.75, 3.05) is 18.4 Å². The zero-order valence-corrected chi connectivity index (χ0v) is 11.0. The minimum absolute atomic E-state index is 0.348. The number of carbonyl (C=O) groups excluding carboxylic acids is 2. The number of carbonyl (C=O) groups is 2. The van der Waals surface area contributed by atoms with E-state index in [1.165, 1.54) is 17.4 Å². The van der Waals surface area contributed by atoms with Crippen LogP contribution in [0.5, 0.6) is 0 Å². The highest BCUT2D eigenvalue weighted by atomic mass is 19.4. The molecule has 1 rings (SSSR count). The number of alkyl halides is 3. The largest absolute Gasteiger partial charge is 0.405 e. The summed E-state index contributed by atoms with van der Waals surface area (Å²) in [5.74, 6) is -1.36. The van der Waals surface area contributed by atoms with Gasteiger partial charge in [-0.25, -0.2) is 9.18 Å². The van der Waals surface area contributed by atoms with Gasteiger partial charge in [-0.3, -0.25) is 10.1 Å². The van der Waals surface area contributed by atoms with Crippen molar-refractivity contribution in [1.82, 2.24) is 10.6 Å². The van der Waals surface area contributed by atoms with E-state index >= 15 is 0 Å². The van der Waals surface area contributed by atoms with E-state index in [1.54, 1.807) is 12.2 Å². The molecule has 0 aliphatic heterocycles. The molecule has 0 saturated carbocycles. The third kappa shape index (κ3) is 6.59. The van der Waals surface area contributed by atoms with Gasteiger partial charge in [0.2, 0.25) is 5.91 Å². The fourth-order valence-corrected chi connectivity index (χ4v) is 1.36. The molecular formula is C12H13F4N3O2. The van der Waals surface area contributed by atoms with Crippen molar-refractivity contribution in [3.8, 4) is 0 Å². The second-order valence-electron chi connectivity index (χ2n) is 4.16. The first-order valence-corrected chi connectivity index (χ1v) is 5.82. The third-order valence-corrected chi connectivity index (χ3v) is 2.34. The second kappa shape index (κ2) is 6.91. The molecule has 0 atom stereocenters. The number of nitrogens with one attached hydrogen (secondary N) is 3. The van der Waals surface area contributed by atoms with E-state index in [9.17, 15) is 27.2 Å². The number of aryl methyl sites for hydroxylation is 1. The molecule has 0 fully saturated rings. The van der Waals surface area contributed by atoms with Crippen LogP contribution in [0.2, 0.25) is 0 Å². The van der Waals surface area contributed by atoms with Crippen molar-refractivity contribution >= 4 is 17.6 Å². The van der Waals surface area contributed by atoms with Gasteiger partial charge in [-0.15, -0.1) is 0 Å². The van der Waals surface area contributed by atoms with Crippen LogP contribution in [0.25, 0.3) is 0 Å².